The molecule has 1 aliphatic rings. The van der Waals surface area contributed by atoms with Gasteiger partial charge in [0.1, 0.15) is 5.82 Å². The highest BCUT2D eigenvalue weighted by atomic mass is 19.1. The van der Waals surface area contributed by atoms with E-state index in [-0.39, 0.29) is 28.6 Å². The van der Waals surface area contributed by atoms with Gasteiger partial charge in [0.15, 0.2) is 5.78 Å². The van der Waals surface area contributed by atoms with E-state index < -0.39 is 0 Å². The Balaban J connectivity index is 2.08. The number of carbonyl (C=O) groups excluding carboxylic acids is 1. The number of hydrogen-bond donors (Lipinski definition) is 1. The predicted octanol–water partition coefficient (Wildman–Crippen LogP) is 3.93. The predicted molar refractivity (Wildman–Crippen MR) is 87.0 cm³/mol. The highest BCUT2D eigenvalue weighted by Crippen LogP contribution is 2.36. The number of nitrogens with one attached hydrogen (secondary N) is 1. The molecule has 1 heterocycles. The summed E-state index contributed by atoms with van der Waals surface area (Å²) in [6.07, 6.45) is 1.65. The van der Waals surface area contributed by atoms with Gasteiger partial charge < -0.3 is 4.98 Å². The first-order chi connectivity index (χ1) is 11.1. The zero-order valence-electron chi connectivity index (χ0n) is 12.3. The minimum atomic E-state index is -0.375. The maximum atomic E-state index is 13.3. The molecule has 0 aliphatic heterocycles. The quantitative estimate of drug-likeness (QED) is 0.745. The Morgan fingerprint density at radius 1 is 1.04 bits per heavy atom. The van der Waals surface area contributed by atoms with E-state index in [4.69, 9.17) is 0 Å². The molecule has 4 rings (SSSR count). The molecule has 1 fully saturated rings. The molecule has 3 nitrogen and oxygen atoms in total. The van der Waals surface area contributed by atoms with E-state index in [1.807, 2.05) is 18.2 Å². The third-order valence-corrected chi connectivity index (χ3v) is 4.25. The Labute approximate surface area is 131 Å². The maximum Gasteiger partial charge on any atom is 0.259 e. The van der Waals surface area contributed by atoms with Gasteiger partial charge in [-0.05, 0) is 36.6 Å². The normalized spacial score (nSPS) is 14.1. The fourth-order valence-corrected chi connectivity index (χ4v) is 2.94. The van der Waals surface area contributed by atoms with E-state index in [0.29, 0.717) is 16.6 Å². The number of para-hydroxylation sites is 1. The van der Waals surface area contributed by atoms with Gasteiger partial charge in [0, 0.05) is 22.4 Å². The van der Waals surface area contributed by atoms with Crippen molar-refractivity contribution in [2.45, 2.75) is 12.8 Å². The number of aromatic nitrogens is 1. The molecule has 2 aromatic carbocycles. The van der Waals surface area contributed by atoms with E-state index in [0.717, 1.165) is 18.2 Å². The number of carbonyl (C=O) groups is 1. The molecule has 4 heteroatoms. The van der Waals surface area contributed by atoms with Crippen LogP contribution in [0.4, 0.5) is 4.39 Å². The highest BCUT2D eigenvalue weighted by molar-refractivity contribution is 6.10. The van der Waals surface area contributed by atoms with Crippen molar-refractivity contribution in [1.29, 1.82) is 0 Å². The monoisotopic (exact) mass is 307 g/mol. The number of H-pyrrole nitrogens is 1. The lowest BCUT2D eigenvalue weighted by molar-refractivity contribution is 0.0967. The van der Waals surface area contributed by atoms with Gasteiger partial charge in [-0.2, -0.15) is 0 Å². The van der Waals surface area contributed by atoms with Crippen LogP contribution in [-0.2, 0) is 0 Å². The van der Waals surface area contributed by atoms with Crippen LogP contribution in [0.25, 0.3) is 22.0 Å². The van der Waals surface area contributed by atoms with Crippen molar-refractivity contribution in [3.05, 3.63) is 70.3 Å². The zero-order valence-corrected chi connectivity index (χ0v) is 12.3. The van der Waals surface area contributed by atoms with Crippen LogP contribution in [0.2, 0.25) is 0 Å². The number of ketones is 1. The molecular weight excluding hydrogens is 293 g/mol. The topological polar surface area (TPSA) is 49.9 Å². The SMILES string of the molecule is O=C(c1c(-c2ccc(F)cc2)c2ccccc2[nH]c1=O)C1CC1. The van der Waals surface area contributed by atoms with Gasteiger partial charge >= 0.3 is 0 Å². The summed E-state index contributed by atoms with van der Waals surface area (Å²) >= 11 is 0. The van der Waals surface area contributed by atoms with Crippen LogP contribution in [0.3, 0.4) is 0 Å². The standard InChI is InChI=1S/C19H14FNO2/c20-13-9-7-11(8-10-13)16-14-3-1-2-4-15(14)21-19(23)17(16)18(22)12-5-6-12/h1-4,7-10,12H,5-6H2,(H,21,23). The Bertz CT molecular complexity index is 969. The number of halogens is 1. The fraction of sp³-hybridized carbons (Fsp3) is 0.158. The van der Waals surface area contributed by atoms with Crippen LogP contribution in [0.15, 0.2) is 53.3 Å². The fourth-order valence-electron chi connectivity index (χ4n) is 2.94. The molecule has 0 amide bonds. The number of Topliss-reactive ketones (excluding diaryl/α,β-unsaturated/α-hetero) is 1. The molecule has 1 aromatic heterocycles. The summed E-state index contributed by atoms with van der Waals surface area (Å²) in [5, 5.41) is 0.794. The number of rotatable bonds is 3. The van der Waals surface area contributed by atoms with E-state index in [1.54, 1.807) is 18.2 Å². The second kappa shape index (κ2) is 5.16. The summed E-state index contributed by atoms with van der Waals surface area (Å²) < 4.78 is 13.3. The summed E-state index contributed by atoms with van der Waals surface area (Å²) in [5.74, 6) is -0.522. The van der Waals surface area contributed by atoms with Crippen molar-refractivity contribution in [3.63, 3.8) is 0 Å². The van der Waals surface area contributed by atoms with Crippen molar-refractivity contribution in [3.8, 4) is 11.1 Å². The van der Waals surface area contributed by atoms with Crippen molar-refractivity contribution < 1.29 is 9.18 Å². The van der Waals surface area contributed by atoms with E-state index in [1.165, 1.54) is 12.1 Å². The molecular formula is C19H14FNO2. The molecule has 114 valence electrons. The van der Waals surface area contributed by atoms with Gasteiger partial charge in [-0.25, -0.2) is 4.39 Å². The Hall–Kier alpha value is -2.75. The number of aromatic amines is 1. The van der Waals surface area contributed by atoms with Crippen molar-refractivity contribution >= 4 is 16.7 Å². The van der Waals surface area contributed by atoms with Crippen molar-refractivity contribution in [1.82, 2.24) is 4.98 Å². The van der Waals surface area contributed by atoms with Gasteiger partial charge in [-0.3, -0.25) is 9.59 Å². The summed E-state index contributed by atoms with van der Waals surface area (Å²) in [7, 11) is 0. The van der Waals surface area contributed by atoms with Crippen LogP contribution >= 0.6 is 0 Å². The molecule has 23 heavy (non-hydrogen) atoms. The first kappa shape index (κ1) is 13.9. The molecule has 0 atom stereocenters. The van der Waals surface area contributed by atoms with Crippen LogP contribution < -0.4 is 5.56 Å². The number of fused-ring (bicyclic) bond motifs is 1. The number of hydrogen-bond acceptors (Lipinski definition) is 2. The second-order valence-corrected chi connectivity index (χ2v) is 5.90. The average molecular weight is 307 g/mol. The van der Waals surface area contributed by atoms with Gasteiger partial charge in [0.2, 0.25) is 0 Å². The Morgan fingerprint density at radius 3 is 2.43 bits per heavy atom. The first-order valence-corrected chi connectivity index (χ1v) is 7.60. The summed E-state index contributed by atoms with van der Waals surface area (Å²) in [4.78, 5) is 27.9. The van der Waals surface area contributed by atoms with Crippen LogP contribution in [0, 0.1) is 11.7 Å². The summed E-state index contributed by atoms with van der Waals surface area (Å²) in [6.45, 7) is 0. The molecule has 0 unspecified atom stereocenters. The lowest BCUT2D eigenvalue weighted by atomic mass is 9.93. The van der Waals surface area contributed by atoms with E-state index >= 15 is 0 Å². The van der Waals surface area contributed by atoms with E-state index in [9.17, 15) is 14.0 Å². The largest absolute Gasteiger partial charge is 0.321 e. The van der Waals surface area contributed by atoms with Gasteiger partial charge in [-0.15, -0.1) is 0 Å². The smallest absolute Gasteiger partial charge is 0.259 e. The average Bonchev–Trinajstić information content (AvgIpc) is 3.39. The Morgan fingerprint density at radius 2 is 1.74 bits per heavy atom. The number of pyridine rings is 1. The lowest BCUT2D eigenvalue weighted by Crippen LogP contribution is -2.20. The molecule has 0 radical (unpaired) electrons. The van der Waals surface area contributed by atoms with Gasteiger partial charge in [-0.1, -0.05) is 30.3 Å². The molecule has 0 bridgehead atoms. The molecule has 0 spiro atoms. The summed E-state index contributed by atoms with van der Waals surface area (Å²) in [6, 6.07) is 13.3. The third-order valence-electron chi connectivity index (χ3n) is 4.25. The first-order valence-electron chi connectivity index (χ1n) is 7.60. The molecule has 3 aromatic rings. The van der Waals surface area contributed by atoms with Crippen LogP contribution in [-0.4, -0.2) is 10.8 Å². The lowest BCUT2D eigenvalue weighted by Gasteiger charge is -2.12. The van der Waals surface area contributed by atoms with E-state index in [2.05, 4.69) is 4.98 Å². The second-order valence-electron chi connectivity index (χ2n) is 5.90. The molecule has 1 N–H and O–H groups in total. The molecule has 1 aliphatic carbocycles. The van der Waals surface area contributed by atoms with Crippen LogP contribution in [0.5, 0.6) is 0 Å². The zero-order chi connectivity index (χ0) is 16.0. The van der Waals surface area contributed by atoms with Crippen molar-refractivity contribution in [2.24, 2.45) is 5.92 Å². The number of benzene rings is 2. The Kier molecular flexibility index (Phi) is 3.11. The minimum Gasteiger partial charge on any atom is -0.321 e. The third kappa shape index (κ3) is 2.36. The highest BCUT2D eigenvalue weighted by Gasteiger charge is 2.34. The summed E-state index contributed by atoms with van der Waals surface area (Å²) in [5.41, 5.74) is 1.76. The molecule has 0 saturated heterocycles. The van der Waals surface area contributed by atoms with Crippen molar-refractivity contribution in [2.75, 3.05) is 0 Å². The minimum absolute atomic E-state index is 0.0588. The van der Waals surface area contributed by atoms with Gasteiger partial charge in [0.05, 0.1) is 5.56 Å². The maximum absolute atomic E-state index is 13.3. The van der Waals surface area contributed by atoms with Crippen LogP contribution in [0.1, 0.15) is 23.2 Å². The molecule has 1 saturated carbocycles. The van der Waals surface area contributed by atoms with Gasteiger partial charge in [0.25, 0.3) is 5.56 Å².